The van der Waals surface area contributed by atoms with E-state index in [4.69, 9.17) is 23.7 Å². The van der Waals surface area contributed by atoms with E-state index in [1.54, 1.807) is 6.92 Å². The van der Waals surface area contributed by atoms with Crippen LogP contribution < -0.4 is 0 Å². The van der Waals surface area contributed by atoms with E-state index in [0.717, 1.165) is 0 Å². The monoisotopic (exact) mass is 346 g/mol. The lowest BCUT2D eigenvalue weighted by atomic mass is 9.95. The van der Waals surface area contributed by atoms with E-state index in [0.29, 0.717) is 0 Å². The van der Waals surface area contributed by atoms with Crippen LogP contribution in [0.2, 0.25) is 0 Å². The number of esters is 4. The van der Waals surface area contributed by atoms with E-state index in [-0.39, 0.29) is 6.61 Å². The van der Waals surface area contributed by atoms with Gasteiger partial charge in [0.2, 0.25) is 0 Å². The lowest BCUT2D eigenvalue weighted by Crippen LogP contribution is -2.61. The van der Waals surface area contributed by atoms with Crippen LogP contribution in [0.3, 0.4) is 0 Å². The third-order valence-electron chi connectivity index (χ3n) is 3.22. The number of rotatable bonds is 5. The SMILES string of the molecule is CC(=O)OCC1O[C@H](C)C(OC(C)=O)[C@@H](OC(C)=O)[C@@H]1OC(C)=O. The minimum atomic E-state index is -1.09. The second kappa shape index (κ2) is 8.62. The van der Waals surface area contributed by atoms with Gasteiger partial charge in [0, 0.05) is 27.7 Å². The van der Waals surface area contributed by atoms with Crippen LogP contribution in [0, 0.1) is 0 Å². The summed E-state index contributed by atoms with van der Waals surface area (Å²) in [5, 5.41) is 0. The van der Waals surface area contributed by atoms with Crippen LogP contribution in [-0.4, -0.2) is 61.0 Å². The van der Waals surface area contributed by atoms with Gasteiger partial charge in [0.15, 0.2) is 18.3 Å². The first-order valence-electron chi connectivity index (χ1n) is 7.42. The topological polar surface area (TPSA) is 114 Å². The van der Waals surface area contributed by atoms with Crippen LogP contribution in [0.15, 0.2) is 0 Å². The molecule has 0 N–H and O–H groups in total. The summed E-state index contributed by atoms with van der Waals surface area (Å²) in [6.45, 7) is 6.17. The lowest BCUT2D eigenvalue weighted by molar-refractivity contribution is -0.249. The molecule has 0 amide bonds. The Balaban J connectivity index is 3.11. The van der Waals surface area contributed by atoms with Crippen LogP contribution in [0.25, 0.3) is 0 Å². The van der Waals surface area contributed by atoms with E-state index in [2.05, 4.69) is 0 Å². The molecule has 0 aliphatic carbocycles. The van der Waals surface area contributed by atoms with E-state index in [9.17, 15) is 19.2 Å². The minimum absolute atomic E-state index is 0.206. The molecule has 1 saturated heterocycles. The first-order chi connectivity index (χ1) is 11.1. The van der Waals surface area contributed by atoms with E-state index < -0.39 is 54.4 Å². The summed E-state index contributed by atoms with van der Waals surface area (Å²) < 4.78 is 26.1. The van der Waals surface area contributed by atoms with Crippen molar-refractivity contribution in [2.24, 2.45) is 0 Å². The van der Waals surface area contributed by atoms with E-state index >= 15 is 0 Å². The van der Waals surface area contributed by atoms with Gasteiger partial charge in [-0.15, -0.1) is 0 Å². The molecular formula is C15H22O9. The van der Waals surface area contributed by atoms with Crippen molar-refractivity contribution < 1.29 is 42.9 Å². The van der Waals surface area contributed by atoms with E-state index in [1.807, 2.05) is 0 Å². The zero-order chi connectivity index (χ0) is 18.4. The first kappa shape index (κ1) is 19.9. The summed E-state index contributed by atoms with van der Waals surface area (Å²) >= 11 is 0. The van der Waals surface area contributed by atoms with Gasteiger partial charge in [-0.1, -0.05) is 0 Å². The molecule has 1 fully saturated rings. The maximum atomic E-state index is 11.4. The molecule has 2 unspecified atom stereocenters. The van der Waals surface area contributed by atoms with Crippen LogP contribution >= 0.6 is 0 Å². The summed E-state index contributed by atoms with van der Waals surface area (Å²) in [7, 11) is 0. The molecule has 0 aromatic rings. The van der Waals surface area contributed by atoms with Crippen molar-refractivity contribution in [1.29, 1.82) is 0 Å². The lowest BCUT2D eigenvalue weighted by Gasteiger charge is -2.43. The van der Waals surface area contributed by atoms with Gasteiger partial charge in [0.25, 0.3) is 0 Å². The zero-order valence-corrected chi connectivity index (χ0v) is 14.3. The molecule has 0 aromatic carbocycles. The molecule has 24 heavy (non-hydrogen) atoms. The standard InChI is InChI=1S/C15H22O9/c1-7-13(22-9(3)17)15(24-11(5)19)14(23-10(4)18)12(21-7)6-20-8(2)16/h7,12-15H,6H2,1-5H3/t7-,12?,13?,14-,15-/m1/s1. The van der Waals surface area contributed by atoms with Crippen LogP contribution in [0.4, 0.5) is 0 Å². The van der Waals surface area contributed by atoms with Crippen molar-refractivity contribution in [2.75, 3.05) is 6.61 Å². The maximum Gasteiger partial charge on any atom is 0.303 e. The van der Waals surface area contributed by atoms with Crippen molar-refractivity contribution in [1.82, 2.24) is 0 Å². The van der Waals surface area contributed by atoms with Gasteiger partial charge in [-0.2, -0.15) is 0 Å². The Kier molecular flexibility index (Phi) is 7.15. The quantitative estimate of drug-likeness (QED) is 0.506. The summed E-state index contributed by atoms with van der Waals surface area (Å²) in [4.78, 5) is 45.2. The average Bonchev–Trinajstić information content (AvgIpc) is 2.42. The molecule has 0 spiro atoms. The fourth-order valence-corrected chi connectivity index (χ4v) is 2.44. The Hall–Kier alpha value is -2.16. The van der Waals surface area contributed by atoms with Gasteiger partial charge in [-0.3, -0.25) is 19.2 Å². The third-order valence-corrected chi connectivity index (χ3v) is 3.22. The molecule has 1 rings (SSSR count). The fraction of sp³-hybridized carbons (Fsp3) is 0.733. The number of carbonyl (C=O) groups is 4. The van der Waals surface area contributed by atoms with Gasteiger partial charge in [-0.25, -0.2) is 0 Å². The molecule has 9 heteroatoms. The summed E-state index contributed by atoms with van der Waals surface area (Å²) in [5.41, 5.74) is 0. The largest absolute Gasteiger partial charge is 0.463 e. The van der Waals surface area contributed by atoms with Crippen molar-refractivity contribution in [2.45, 2.75) is 65.1 Å². The smallest absolute Gasteiger partial charge is 0.303 e. The molecule has 9 nitrogen and oxygen atoms in total. The molecule has 0 bridgehead atoms. The van der Waals surface area contributed by atoms with Gasteiger partial charge >= 0.3 is 23.9 Å². The molecule has 1 heterocycles. The predicted octanol–water partition coefficient (Wildman–Crippen LogP) is 0.132. The maximum absolute atomic E-state index is 11.4. The summed E-state index contributed by atoms with van der Waals surface area (Å²) in [5.74, 6) is -2.44. The Morgan fingerprint density at radius 3 is 1.67 bits per heavy atom. The molecule has 0 radical (unpaired) electrons. The predicted molar refractivity (Wildman–Crippen MR) is 77.6 cm³/mol. The highest BCUT2D eigenvalue weighted by atomic mass is 16.7. The van der Waals surface area contributed by atoms with Gasteiger partial charge in [0.1, 0.15) is 12.7 Å². The second-order valence-electron chi connectivity index (χ2n) is 5.40. The highest BCUT2D eigenvalue weighted by Crippen LogP contribution is 2.28. The summed E-state index contributed by atoms with van der Waals surface area (Å²) in [6, 6.07) is 0. The zero-order valence-electron chi connectivity index (χ0n) is 14.3. The normalized spacial score (nSPS) is 29.3. The third kappa shape index (κ3) is 5.80. The fourth-order valence-electron chi connectivity index (χ4n) is 2.44. The van der Waals surface area contributed by atoms with Crippen LogP contribution in [0.1, 0.15) is 34.6 Å². The van der Waals surface area contributed by atoms with Crippen molar-refractivity contribution >= 4 is 23.9 Å². The Bertz CT molecular complexity index is 501. The van der Waals surface area contributed by atoms with Crippen molar-refractivity contribution in [3.8, 4) is 0 Å². The van der Waals surface area contributed by atoms with Gasteiger partial charge in [-0.05, 0) is 6.92 Å². The molecule has 0 aromatic heterocycles. The molecular weight excluding hydrogens is 324 g/mol. The van der Waals surface area contributed by atoms with Crippen LogP contribution in [0.5, 0.6) is 0 Å². The molecule has 136 valence electrons. The molecule has 1 aliphatic heterocycles. The van der Waals surface area contributed by atoms with Gasteiger partial charge < -0.3 is 23.7 Å². The Morgan fingerprint density at radius 2 is 1.21 bits per heavy atom. The van der Waals surface area contributed by atoms with Crippen LogP contribution in [-0.2, 0) is 42.9 Å². The number of hydrogen-bond donors (Lipinski definition) is 0. The van der Waals surface area contributed by atoms with Crippen molar-refractivity contribution in [3.05, 3.63) is 0 Å². The Morgan fingerprint density at radius 1 is 0.750 bits per heavy atom. The molecule has 1 aliphatic rings. The minimum Gasteiger partial charge on any atom is -0.463 e. The number of carbonyl (C=O) groups excluding carboxylic acids is 4. The number of hydrogen-bond acceptors (Lipinski definition) is 9. The molecule has 5 atom stereocenters. The van der Waals surface area contributed by atoms with Gasteiger partial charge in [0.05, 0.1) is 6.10 Å². The second-order valence-corrected chi connectivity index (χ2v) is 5.40. The average molecular weight is 346 g/mol. The first-order valence-corrected chi connectivity index (χ1v) is 7.42. The summed E-state index contributed by atoms with van der Waals surface area (Å²) in [6.07, 6.45) is -4.69. The van der Waals surface area contributed by atoms with E-state index in [1.165, 1.54) is 27.7 Å². The highest BCUT2D eigenvalue weighted by molar-refractivity contribution is 5.68. The van der Waals surface area contributed by atoms with Crippen molar-refractivity contribution in [3.63, 3.8) is 0 Å². The molecule has 0 saturated carbocycles. The highest BCUT2D eigenvalue weighted by Gasteiger charge is 2.50. The number of ether oxygens (including phenoxy) is 5. The Labute approximate surface area is 139 Å².